The number of rotatable bonds is 6. The Labute approximate surface area is 108 Å². The second kappa shape index (κ2) is 9.05. The average molecular weight is 245 g/mol. The van der Waals surface area contributed by atoms with E-state index in [4.69, 9.17) is 0 Å². The summed E-state index contributed by atoms with van der Waals surface area (Å²) in [5.41, 5.74) is 1.35. The number of benzene rings is 1. The van der Waals surface area contributed by atoms with Crippen molar-refractivity contribution in [2.24, 2.45) is 0 Å². The number of amides is 1. The first-order chi connectivity index (χ1) is 8.83. The Bertz CT molecular complexity index is 396. The van der Waals surface area contributed by atoms with Gasteiger partial charge in [-0.1, -0.05) is 54.6 Å². The molecule has 1 aromatic rings. The van der Waals surface area contributed by atoms with Crippen molar-refractivity contribution in [2.45, 2.75) is 12.8 Å². The Morgan fingerprint density at radius 3 is 2.67 bits per heavy atom. The number of hydrogen-bond acceptors (Lipinski definition) is 2. The van der Waals surface area contributed by atoms with Crippen LogP contribution in [0, 0.1) is 0 Å². The highest BCUT2D eigenvalue weighted by molar-refractivity contribution is 5.67. The van der Waals surface area contributed by atoms with Crippen molar-refractivity contribution >= 4 is 6.09 Å². The lowest BCUT2D eigenvalue weighted by Gasteiger charge is -1.97. The summed E-state index contributed by atoms with van der Waals surface area (Å²) >= 11 is 0. The van der Waals surface area contributed by atoms with E-state index in [9.17, 15) is 4.79 Å². The van der Waals surface area contributed by atoms with E-state index in [1.807, 2.05) is 24.3 Å². The van der Waals surface area contributed by atoms with Crippen LogP contribution in [-0.4, -0.2) is 19.7 Å². The average Bonchev–Trinajstić information content (AvgIpc) is 2.42. The predicted octanol–water partition coefficient (Wildman–Crippen LogP) is 3.09. The molecule has 0 aliphatic carbocycles. The van der Waals surface area contributed by atoms with Gasteiger partial charge in [-0.05, 0) is 18.4 Å². The molecule has 96 valence electrons. The molecule has 0 spiro atoms. The summed E-state index contributed by atoms with van der Waals surface area (Å²) in [5.74, 6) is 0. The topological polar surface area (TPSA) is 38.3 Å². The van der Waals surface area contributed by atoms with Gasteiger partial charge in [-0.3, -0.25) is 0 Å². The number of methoxy groups -OCH3 is 1. The van der Waals surface area contributed by atoms with Crippen LogP contribution in [-0.2, 0) is 11.2 Å². The highest BCUT2D eigenvalue weighted by Crippen LogP contribution is 2.02. The molecule has 1 aromatic carbocycles. The Kier molecular flexibility index (Phi) is 7.05. The predicted molar refractivity (Wildman–Crippen MR) is 73.5 cm³/mol. The van der Waals surface area contributed by atoms with Gasteiger partial charge in [-0.2, -0.15) is 0 Å². The SMILES string of the molecule is COC(=O)NCC=CC=CCCc1ccccc1. The molecular formula is C15H19NO2. The minimum atomic E-state index is -0.410. The van der Waals surface area contributed by atoms with Crippen LogP contribution in [0.15, 0.2) is 54.6 Å². The molecule has 0 bridgehead atoms. The van der Waals surface area contributed by atoms with Gasteiger partial charge in [0, 0.05) is 6.54 Å². The highest BCUT2D eigenvalue weighted by Gasteiger charge is 1.91. The van der Waals surface area contributed by atoms with Crippen LogP contribution in [0.5, 0.6) is 0 Å². The standard InChI is InChI=1S/C15H19NO2/c1-18-15(17)16-13-9-4-2-3-6-10-14-11-7-5-8-12-14/h2-5,7-9,11-12H,6,10,13H2,1H3,(H,16,17). The van der Waals surface area contributed by atoms with Gasteiger partial charge in [-0.25, -0.2) is 4.79 Å². The van der Waals surface area contributed by atoms with E-state index in [0.717, 1.165) is 12.8 Å². The van der Waals surface area contributed by atoms with Crippen LogP contribution in [0.3, 0.4) is 0 Å². The van der Waals surface area contributed by atoms with Crippen LogP contribution in [0.2, 0.25) is 0 Å². The molecule has 0 atom stereocenters. The molecule has 1 N–H and O–H groups in total. The Morgan fingerprint density at radius 2 is 1.94 bits per heavy atom. The first-order valence-electron chi connectivity index (χ1n) is 6.00. The molecule has 0 unspecified atom stereocenters. The highest BCUT2D eigenvalue weighted by atomic mass is 16.5. The van der Waals surface area contributed by atoms with E-state index in [1.165, 1.54) is 12.7 Å². The van der Waals surface area contributed by atoms with Gasteiger partial charge in [-0.15, -0.1) is 0 Å². The monoisotopic (exact) mass is 245 g/mol. The molecular weight excluding hydrogens is 226 g/mol. The van der Waals surface area contributed by atoms with Crippen molar-refractivity contribution in [3.8, 4) is 0 Å². The molecule has 0 fully saturated rings. The van der Waals surface area contributed by atoms with E-state index >= 15 is 0 Å². The lowest BCUT2D eigenvalue weighted by Crippen LogP contribution is -2.22. The van der Waals surface area contributed by atoms with E-state index in [2.05, 4.69) is 40.4 Å². The lowest BCUT2D eigenvalue weighted by atomic mass is 10.1. The second-order valence-electron chi connectivity index (χ2n) is 3.75. The van der Waals surface area contributed by atoms with Gasteiger partial charge in [0.15, 0.2) is 0 Å². The summed E-state index contributed by atoms with van der Waals surface area (Å²) in [6.45, 7) is 0.482. The fourth-order valence-electron chi connectivity index (χ4n) is 1.43. The third-order valence-corrected chi connectivity index (χ3v) is 2.38. The summed E-state index contributed by atoms with van der Waals surface area (Å²) in [6.07, 6.45) is 9.54. The fraction of sp³-hybridized carbons (Fsp3) is 0.267. The normalized spacial score (nSPS) is 10.9. The maximum absolute atomic E-state index is 10.7. The fourth-order valence-corrected chi connectivity index (χ4v) is 1.43. The third-order valence-electron chi connectivity index (χ3n) is 2.38. The zero-order valence-electron chi connectivity index (χ0n) is 10.6. The Hall–Kier alpha value is -2.03. The largest absolute Gasteiger partial charge is 0.453 e. The summed E-state index contributed by atoms with van der Waals surface area (Å²) in [7, 11) is 1.35. The van der Waals surface area contributed by atoms with Crippen molar-refractivity contribution in [3.05, 3.63) is 60.2 Å². The molecule has 0 aliphatic rings. The van der Waals surface area contributed by atoms with Crippen LogP contribution in [0.25, 0.3) is 0 Å². The molecule has 3 heteroatoms. The molecule has 0 heterocycles. The van der Waals surface area contributed by atoms with Gasteiger partial charge in [0.05, 0.1) is 7.11 Å². The zero-order chi connectivity index (χ0) is 13.1. The van der Waals surface area contributed by atoms with E-state index in [-0.39, 0.29) is 0 Å². The van der Waals surface area contributed by atoms with Crippen LogP contribution < -0.4 is 5.32 Å². The number of ether oxygens (including phenoxy) is 1. The van der Waals surface area contributed by atoms with Crippen LogP contribution in [0.1, 0.15) is 12.0 Å². The van der Waals surface area contributed by atoms with E-state index < -0.39 is 6.09 Å². The first-order valence-corrected chi connectivity index (χ1v) is 6.00. The van der Waals surface area contributed by atoms with Gasteiger partial charge in [0.1, 0.15) is 0 Å². The van der Waals surface area contributed by atoms with Crippen molar-refractivity contribution in [3.63, 3.8) is 0 Å². The Morgan fingerprint density at radius 1 is 1.22 bits per heavy atom. The van der Waals surface area contributed by atoms with Crippen molar-refractivity contribution in [1.29, 1.82) is 0 Å². The number of hydrogen-bond donors (Lipinski definition) is 1. The van der Waals surface area contributed by atoms with Gasteiger partial charge < -0.3 is 10.1 Å². The molecule has 0 radical (unpaired) electrons. The summed E-state index contributed by atoms with van der Waals surface area (Å²) in [4.78, 5) is 10.7. The van der Waals surface area contributed by atoms with Gasteiger partial charge in [0.2, 0.25) is 0 Å². The van der Waals surface area contributed by atoms with Crippen LogP contribution >= 0.6 is 0 Å². The molecule has 0 aliphatic heterocycles. The molecule has 3 nitrogen and oxygen atoms in total. The molecule has 0 saturated heterocycles. The Balaban J connectivity index is 2.10. The number of carbonyl (C=O) groups is 1. The van der Waals surface area contributed by atoms with Crippen molar-refractivity contribution < 1.29 is 9.53 Å². The quantitative estimate of drug-likeness (QED) is 0.782. The molecule has 1 amide bonds. The number of allylic oxidation sites excluding steroid dienone is 3. The van der Waals surface area contributed by atoms with Crippen molar-refractivity contribution in [2.75, 3.05) is 13.7 Å². The molecule has 0 saturated carbocycles. The summed E-state index contributed by atoms with van der Waals surface area (Å²) in [5, 5.41) is 2.57. The second-order valence-corrected chi connectivity index (χ2v) is 3.75. The molecule has 18 heavy (non-hydrogen) atoms. The number of nitrogens with one attached hydrogen (secondary N) is 1. The number of carbonyl (C=O) groups excluding carboxylic acids is 1. The molecule has 0 aromatic heterocycles. The lowest BCUT2D eigenvalue weighted by molar-refractivity contribution is 0.172. The third kappa shape index (κ3) is 6.53. The smallest absolute Gasteiger partial charge is 0.407 e. The first kappa shape index (κ1) is 14.0. The van der Waals surface area contributed by atoms with Gasteiger partial charge in [0.25, 0.3) is 0 Å². The number of alkyl carbamates (subject to hydrolysis) is 1. The maximum atomic E-state index is 10.7. The van der Waals surface area contributed by atoms with Crippen molar-refractivity contribution in [1.82, 2.24) is 5.32 Å². The minimum absolute atomic E-state index is 0.410. The van der Waals surface area contributed by atoms with Crippen LogP contribution in [0.4, 0.5) is 4.79 Å². The van der Waals surface area contributed by atoms with Gasteiger partial charge >= 0.3 is 6.09 Å². The maximum Gasteiger partial charge on any atom is 0.407 e. The van der Waals surface area contributed by atoms with E-state index in [1.54, 1.807) is 0 Å². The molecule has 1 rings (SSSR count). The summed E-state index contributed by atoms with van der Waals surface area (Å²) in [6, 6.07) is 10.4. The zero-order valence-corrected chi connectivity index (χ0v) is 10.6. The van der Waals surface area contributed by atoms with E-state index in [0.29, 0.717) is 6.54 Å². The minimum Gasteiger partial charge on any atom is -0.453 e. The summed E-state index contributed by atoms with van der Waals surface area (Å²) < 4.78 is 4.44. The number of aryl methyl sites for hydroxylation is 1.